The zero-order valence-electron chi connectivity index (χ0n) is 14.6. The van der Waals surface area contributed by atoms with Crippen molar-refractivity contribution in [3.8, 4) is 11.3 Å². The van der Waals surface area contributed by atoms with E-state index in [1.54, 1.807) is 42.7 Å². The molecule has 2 heterocycles. The SMILES string of the molecule is COCc1ccc(NCc2cccs2)nc1-c1ccc(S(C)(=O)=O)cc1. The number of anilines is 1. The molecule has 5 nitrogen and oxygen atoms in total. The van der Waals surface area contributed by atoms with Gasteiger partial charge in [-0.25, -0.2) is 13.4 Å². The minimum Gasteiger partial charge on any atom is -0.380 e. The first kappa shape index (κ1) is 18.6. The molecule has 0 radical (unpaired) electrons. The van der Waals surface area contributed by atoms with Gasteiger partial charge >= 0.3 is 0 Å². The van der Waals surface area contributed by atoms with Crippen LogP contribution in [0.5, 0.6) is 0 Å². The van der Waals surface area contributed by atoms with Crippen molar-refractivity contribution in [2.75, 3.05) is 18.7 Å². The molecule has 0 fully saturated rings. The Bertz CT molecular complexity index is 967. The number of benzene rings is 1. The molecule has 3 aromatic rings. The Hall–Kier alpha value is -2.22. The van der Waals surface area contributed by atoms with E-state index in [0.29, 0.717) is 18.0 Å². The maximum absolute atomic E-state index is 11.7. The zero-order valence-corrected chi connectivity index (χ0v) is 16.2. The number of rotatable bonds is 7. The topological polar surface area (TPSA) is 68.3 Å². The summed E-state index contributed by atoms with van der Waals surface area (Å²) in [6.45, 7) is 1.14. The number of nitrogens with zero attached hydrogens (tertiary/aromatic N) is 1. The van der Waals surface area contributed by atoms with E-state index in [9.17, 15) is 8.42 Å². The molecule has 1 aromatic carbocycles. The molecule has 0 aliphatic heterocycles. The Labute approximate surface area is 157 Å². The lowest BCUT2D eigenvalue weighted by molar-refractivity contribution is 0.185. The van der Waals surface area contributed by atoms with Gasteiger partial charge in [0, 0.05) is 29.4 Å². The minimum atomic E-state index is -3.22. The fourth-order valence-corrected chi connectivity index (χ4v) is 3.83. The van der Waals surface area contributed by atoms with Gasteiger partial charge in [0.25, 0.3) is 0 Å². The summed E-state index contributed by atoms with van der Waals surface area (Å²) in [5.41, 5.74) is 2.58. The van der Waals surface area contributed by atoms with E-state index in [2.05, 4.69) is 11.4 Å². The number of methoxy groups -OCH3 is 1. The van der Waals surface area contributed by atoms with Crippen LogP contribution in [0, 0.1) is 0 Å². The molecular weight excluding hydrogens is 368 g/mol. The van der Waals surface area contributed by atoms with E-state index in [4.69, 9.17) is 9.72 Å². The maximum Gasteiger partial charge on any atom is 0.175 e. The van der Waals surface area contributed by atoms with Crippen LogP contribution in [0.15, 0.2) is 58.8 Å². The Morgan fingerprint density at radius 1 is 1.12 bits per heavy atom. The van der Waals surface area contributed by atoms with Crippen molar-refractivity contribution >= 4 is 27.0 Å². The van der Waals surface area contributed by atoms with Crippen LogP contribution in [0.25, 0.3) is 11.3 Å². The summed E-state index contributed by atoms with van der Waals surface area (Å²) < 4.78 is 28.6. The lowest BCUT2D eigenvalue weighted by Gasteiger charge is -2.12. The number of hydrogen-bond acceptors (Lipinski definition) is 6. The van der Waals surface area contributed by atoms with E-state index in [1.165, 1.54) is 11.1 Å². The molecule has 136 valence electrons. The second-order valence-electron chi connectivity index (χ2n) is 5.87. The van der Waals surface area contributed by atoms with Crippen LogP contribution in [0.1, 0.15) is 10.4 Å². The second-order valence-corrected chi connectivity index (χ2v) is 8.91. The summed E-state index contributed by atoms with van der Waals surface area (Å²) in [5, 5.41) is 5.37. The van der Waals surface area contributed by atoms with Crippen molar-refractivity contribution in [2.45, 2.75) is 18.0 Å². The van der Waals surface area contributed by atoms with Gasteiger partial charge < -0.3 is 10.1 Å². The van der Waals surface area contributed by atoms with E-state index in [1.807, 2.05) is 23.6 Å². The summed E-state index contributed by atoms with van der Waals surface area (Å²) >= 11 is 1.69. The molecule has 0 saturated heterocycles. The summed E-state index contributed by atoms with van der Waals surface area (Å²) in [7, 11) is -1.58. The van der Waals surface area contributed by atoms with Crippen molar-refractivity contribution < 1.29 is 13.2 Å². The van der Waals surface area contributed by atoms with Gasteiger partial charge in [-0.1, -0.05) is 24.3 Å². The Morgan fingerprint density at radius 2 is 1.88 bits per heavy atom. The van der Waals surface area contributed by atoms with Gasteiger partial charge in [0.1, 0.15) is 5.82 Å². The molecule has 0 aliphatic rings. The van der Waals surface area contributed by atoms with Crippen LogP contribution in [0.3, 0.4) is 0 Å². The first-order valence-corrected chi connectivity index (χ1v) is 10.8. The summed E-state index contributed by atoms with van der Waals surface area (Å²) in [5.74, 6) is 0.764. The van der Waals surface area contributed by atoms with Crippen LogP contribution in [0.2, 0.25) is 0 Å². The Morgan fingerprint density at radius 3 is 2.50 bits per heavy atom. The molecule has 0 saturated carbocycles. The highest BCUT2D eigenvalue weighted by molar-refractivity contribution is 7.90. The number of aromatic nitrogens is 1. The van der Waals surface area contributed by atoms with Gasteiger partial charge in [-0.3, -0.25) is 0 Å². The van der Waals surface area contributed by atoms with Gasteiger partial charge in [0.2, 0.25) is 0 Å². The highest BCUT2D eigenvalue weighted by Gasteiger charge is 2.11. The van der Waals surface area contributed by atoms with Crippen molar-refractivity contribution in [1.29, 1.82) is 0 Å². The number of ether oxygens (including phenoxy) is 1. The van der Waals surface area contributed by atoms with Crippen molar-refractivity contribution in [1.82, 2.24) is 4.98 Å². The molecule has 26 heavy (non-hydrogen) atoms. The molecule has 0 spiro atoms. The first-order valence-electron chi connectivity index (χ1n) is 8.03. The fourth-order valence-electron chi connectivity index (χ4n) is 2.56. The lowest BCUT2D eigenvalue weighted by atomic mass is 10.1. The number of hydrogen-bond donors (Lipinski definition) is 1. The summed E-state index contributed by atoms with van der Waals surface area (Å²) in [6, 6.07) is 14.8. The largest absolute Gasteiger partial charge is 0.380 e. The third-order valence-electron chi connectivity index (χ3n) is 3.86. The fraction of sp³-hybridized carbons (Fsp3) is 0.211. The van der Waals surface area contributed by atoms with Crippen molar-refractivity contribution in [2.24, 2.45) is 0 Å². The molecule has 0 amide bonds. The minimum absolute atomic E-state index is 0.293. The quantitative estimate of drug-likeness (QED) is 0.663. The Kier molecular flexibility index (Phi) is 5.70. The third-order valence-corrected chi connectivity index (χ3v) is 5.86. The predicted octanol–water partition coefficient (Wildman–Crippen LogP) is 3.97. The molecule has 0 unspecified atom stereocenters. The van der Waals surface area contributed by atoms with Crippen LogP contribution in [0.4, 0.5) is 5.82 Å². The van der Waals surface area contributed by atoms with Crippen LogP contribution in [-0.2, 0) is 27.7 Å². The van der Waals surface area contributed by atoms with Crippen molar-refractivity contribution in [3.63, 3.8) is 0 Å². The molecule has 7 heteroatoms. The number of pyridine rings is 1. The van der Waals surface area contributed by atoms with E-state index < -0.39 is 9.84 Å². The van der Waals surface area contributed by atoms with Gasteiger partial charge in [0.05, 0.1) is 23.7 Å². The standard InChI is InChI=1S/C19H20N2O3S2/c1-24-13-15-7-10-18(20-12-16-4-3-11-25-16)21-19(15)14-5-8-17(9-6-14)26(2,22)23/h3-11H,12-13H2,1-2H3,(H,20,21). The number of thiophene rings is 1. The van der Waals surface area contributed by atoms with Crippen LogP contribution in [-0.4, -0.2) is 26.8 Å². The average molecular weight is 389 g/mol. The lowest BCUT2D eigenvalue weighted by Crippen LogP contribution is -2.03. The van der Waals surface area contributed by atoms with Crippen molar-refractivity contribution in [3.05, 3.63) is 64.4 Å². The summed E-state index contributed by atoms with van der Waals surface area (Å²) in [6.07, 6.45) is 1.20. The zero-order chi connectivity index (χ0) is 18.6. The normalized spacial score (nSPS) is 11.5. The molecule has 3 rings (SSSR count). The van der Waals surface area contributed by atoms with Crippen LogP contribution < -0.4 is 5.32 Å². The van der Waals surface area contributed by atoms with Crippen LogP contribution >= 0.6 is 11.3 Å². The average Bonchev–Trinajstić information content (AvgIpc) is 3.14. The van der Waals surface area contributed by atoms with E-state index in [-0.39, 0.29) is 0 Å². The Balaban J connectivity index is 1.91. The molecule has 0 bridgehead atoms. The van der Waals surface area contributed by atoms with E-state index >= 15 is 0 Å². The maximum atomic E-state index is 11.7. The number of sulfone groups is 1. The molecular formula is C19H20N2O3S2. The molecule has 0 aliphatic carbocycles. The van der Waals surface area contributed by atoms with Gasteiger partial charge in [-0.2, -0.15) is 0 Å². The predicted molar refractivity (Wildman–Crippen MR) is 105 cm³/mol. The smallest absolute Gasteiger partial charge is 0.175 e. The number of nitrogens with one attached hydrogen (secondary N) is 1. The molecule has 0 atom stereocenters. The highest BCUT2D eigenvalue weighted by Crippen LogP contribution is 2.26. The second kappa shape index (κ2) is 7.99. The van der Waals surface area contributed by atoms with Gasteiger partial charge in [-0.05, 0) is 29.6 Å². The molecule has 1 N–H and O–H groups in total. The monoisotopic (exact) mass is 388 g/mol. The van der Waals surface area contributed by atoms with Gasteiger partial charge in [-0.15, -0.1) is 11.3 Å². The van der Waals surface area contributed by atoms with E-state index in [0.717, 1.165) is 22.6 Å². The molecule has 2 aromatic heterocycles. The third kappa shape index (κ3) is 4.49. The highest BCUT2D eigenvalue weighted by atomic mass is 32.2. The van der Waals surface area contributed by atoms with Gasteiger partial charge in [0.15, 0.2) is 9.84 Å². The summed E-state index contributed by atoms with van der Waals surface area (Å²) in [4.78, 5) is 6.24. The first-order chi connectivity index (χ1) is 12.5.